The summed E-state index contributed by atoms with van der Waals surface area (Å²) in [6.45, 7) is 0. The van der Waals surface area contributed by atoms with E-state index in [-0.39, 0.29) is 11.9 Å². The highest BCUT2D eigenvalue weighted by Crippen LogP contribution is 2.26. The number of aliphatic hydroxyl groups is 1. The van der Waals surface area contributed by atoms with Gasteiger partial charge in [-0.2, -0.15) is 0 Å². The second kappa shape index (κ2) is 4.33. The lowest BCUT2D eigenvalue weighted by molar-refractivity contribution is 0.223. The van der Waals surface area contributed by atoms with E-state index >= 15 is 0 Å². The van der Waals surface area contributed by atoms with E-state index in [4.69, 9.17) is 11.6 Å². The molecule has 1 aromatic carbocycles. The molecule has 0 aliphatic heterocycles. The summed E-state index contributed by atoms with van der Waals surface area (Å²) in [6.07, 6.45) is 3.76. The van der Waals surface area contributed by atoms with Crippen LogP contribution in [0.1, 0.15) is 18.4 Å². The molecule has 0 aromatic heterocycles. The molecule has 3 heteroatoms. The molecule has 1 aromatic rings. The van der Waals surface area contributed by atoms with Crippen molar-refractivity contribution in [2.24, 2.45) is 0 Å². The molecule has 1 unspecified atom stereocenters. The summed E-state index contributed by atoms with van der Waals surface area (Å²) in [5.74, 6) is -0.270. The van der Waals surface area contributed by atoms with Gasteiger partial charge in [0, 0.05) is 5.02 Å². The SMILES string of the molecule is OC1C=C(Cc2cc(F)ccc2Cl)CC1. The van der Waals surface area contributed by atoms with Crippen LogP contribution in [0.15, 0.2) is 29.8 Å². The molecule has 1 atom stereocenters. The number of allylic oxidation sites excluding steroid dienone is 1. The quantitative estimate of drug-likeness (QED) is 0.769. The van der Waals surface area contributed by atoms with Gasteiger partial charge < -0.3 is 5.11 Å². The van der Waals surface area contributed by atoms with Crippen molar-refractivity contribution in [2.45, 2.75) is 25.4 Å². The van der Waals surface area contributed by atoms with Gasteiger partial charge >= 0.3 is 0 Å². The maximum Gasteiger partial charge on any atom is 0.123 e. The minimum Gasteiger partial charge on any atom is -0.389 e. The molecule has 0 heterocycles. The maximum atomic E-state index is 13.0. The first-order valence-corrected chi connectivity index (χ1v) is 5.34. The third kappa shape index (κ3) is 2.58. The molecule has 0 amide bonds. The van der Waals surface area contributed by atoms with Crippen LogP contribution in [0.3, 0.4) is 0 Å². The highest BCUT2D eigenvalue weighted by Gasteiger charge is 2.14. The third-order valence-electron chi connectivity index (χ3n) is 2.61. The predicted octanol–water partition coefficient (Wildman–Crippen LogP) is 3.10. The van der Waals surface area contributed by atoms with E-state index in [2.05, 4.69) is 0 Å². The van der Waals surface area contributed by atoms with Crippen LogP contribution in [-0.4, -0.2) is 11.2 Å². The Labute approximate surface area is 93.2 Å². The van der Waals surface area contributed by atoms with Crippen LogP contribution < -0.4 is 0 Å². The third-order valence-corrected chi connectivity index (χ3v) is 2.98. The molecule has 80 valence electrons. The summed E-state index contributed by atoms with van der Waals surface area (Å²) < 4.78 is 13.0. The van der Waals surface area contributed by atoms with Crippen molar-refractivity contribution in [2.75, 3.05) is 0 Å². The van der Waals surface area contributed by atoms with Gasteiger partial charge in [-0.15, -0.1) is 0 Å². The highest BCUT2D eigenvalue weighted by atomic mass is 35.5. The van der Waals surface area contributed by atoms with Crippen molar-refractivity contribution in [1.29, 1.82) is 0 Å². The Morgan fingerprint density at radius 1 is 1.47 bits per heavy atom. The van der Waals surface area contributed by atoms with Crippen molar-refractivity contribution in [3.05, 3.63) is 46.3 Å². The van der Waals surface area contributed by atoms with Crippen molar-refractivity contribution in [3.63, 3.8) is 0 Å². The highest BCUT2D eigenvalue weighted by molar-refractivity contribution is 6.31. The van der Waals surface area contributed by atoms with Crippen LogP contribution in [0, 0.1) is 5.82 Å². The first-order chi connectivity index (χ1) is 7.15. The topological polar surface area (TPSA) is 20.2 Å². The molecule has 1 aliphatic carbocycles. The normalized spacial score (nSPS) is 20.5. The van der Waals surface area contributed by atoms with E-state index in [1.807, 2.05) is 6.08 Å². The van der Waals surface area contributed by atoms with Gasteiger partial charge in [-0.05, 0) is 43.0 Å². The van der Waals surface area contributed by atoms with E-state index in [1.165, 1.54) is 12.1 Å². The zero-order valence-corrected chi connectivity index (χ0v) is 8.97. The second-order valence-corrected chi connectivity index (χ2v) is 4.25. The van der Waals surface area contributed by atoms with E-state index in [0.717, 1.165) is 24.0 Å². The van der Waals surface area contributed by atoms with Gasteiger partial charge in [0.05, 0.1) is 6.10 Å². The van der Waals surface area contributed by atoms with Crippen molar-refractivity contribution in [3.8, 4) is 0 Å². The molecule has 0 radical (unpaired) electrons. The fourth-order valence-corrected chi connectivity index (χ4v) is 2.03. The molecule has 0 fully saturated rings. The lowest BCUT2D eigenvalue weighted by Crippen LogP contribution is -1.93. The lowest BCUT2D eigenvalue weighted by atomic mass is 10.0. The van der Waals surface area contributed by atoms with Crippen molar-refractivity contribution in [1.82, 2.24) is 0 Å². The fraction of sp³-hybridized carbons (Fsp3) is 0.333. The molecule has 1 aliphatic rings. The van der Waals surface area contributed by atoms with Gasteiger partial charge in [0.2, 0.25) is 0 Å². The monoisotopic (exact) mass is 226 g/mol. The van der Waals surface area contributed by atoms with Crippen LogP contribution in [0.4, 0.5) is 4.39 Å². The summed E-state index contributed by atoms with van der Waals surface area (Å²) >= 11 is 5.95. The maximum absolute atomic E-state index is 13.0. The minimum absolute atomic E-state index is 0.270. The number of hydrogen-bond donors (Lipinski definition) is 1. The molecule has 0 bridgehead atoms. The molecule has 1 N–H and O–H groups in total. The number of halogens is 2. The van der Waals surface area contributed by atoms with E-state index in [1.54, 1.807) is 6.07 Å². The van der Waals surface area contributed by atoms with Gasteiger partial charge in [-0.25, -0.2) is 4.39 Å². The smallest absolute Gasteiger partial charge is 0.123 e. The van der Waals surface area contributed by atoms with Gasteiger partial charge in [0.1, 0.15) is 5.82 Å². The average Bonchev–Trinajstić information content (AvgIpc) is 2.58. The molecule has 0 saturated heterocycles. The molecule has 15 heavy (non-hydrogen) atoms. The van der Waals surface area contributed by atoms with Crippen LogP contribution in [0.25, 0.3) is 0 Å². The van der Waals surface area contributed by atoms with Gasteiger partial charge in [-0.3, -0.25) is 0 Å². The first-order valence-electron chi connectivity index (χ1n) is 4.97. The minimum atomic E-state index is -0.340. The zero-order chi connectivity index (χ0) is 10.8. The number of aliphatic hydroxyl groups excluding tert-OH is 1. The van der Waals surface area contributed by atoms with Gasteiger partial charge in [0.25, 0.3) is 0 Å². The largest absolute Gasteiger partial charge is 0.389 e. The van der Waals surface area contributed by atoms with Crippen LogP contribution in [0.2, 0.25) is 5.02 Å². The summed E-state index contributed by atoms with van der Waals surface area (Å²) in [4.78, 5) is 0. The standard InChI is InChI=1S/C12H12ClFO/c13-12-4-2-10(14)7-9(12)5-8-1-3-11(15)6-8/h2,4,6-7,11,15H,1,3,5H2. The zero-order valence-electron chi connectivity index (χ0n) is 8.21. The molecule has 1 nitrogen and oxygen atoms in total. The Kier molecular flexibility index (Phi) is 3.08. The van der Waals surface area contributed by atoms with E-state index in [9.17, 15) is 9.50 Å². The molecule has 0 saturated carbocycles. The summed E-state index contributed by atoms with van der Waals surface area (Å²) in [5, 5.41) is 9.90. The van der Waals surface area contributed by atoms with Crippen molar-refractivity contribution >= 4 is 11.6 Å². The van der Waals surface area contributed by atoms with Crippen LogP contribution in [0.5, 0.6) is 0 Å². The molecule has 0 spiro atoms. The van der Waals surface area contributed by atoms with Gasteiger partial charge in [0.15, 0.2) is 0 Å². The number of rotatable bonds is 2. The Morgan fingerprint density at radius 3 is 2.93 bits per heavy atom. The van der Waals surface area contributed by atoms with Crippen LogP contribution in [-0.2, 0) is 6.42 Å². The van der Waals surface area contributed by atoms with E-state index < -0.39 is 0 Å². The summed E-state index contributed by atoms with van der Waals surface area (Å²) in [6, 6.07) is 4.37. The van der Waals surface area contributed by atoms with Crippen LogP contribution >= 0.6 is 11.6 Å². The summed E-state index contributed by atoms with van der Waals surface area (Å²) in [5.41, 5.74) is 1.92. The summed E-state index contributed by atoms with van der Waals surface area (Å²) in [7, 11) is 0. The Morgan fingerprint density at radius 2 is 2.27 bits per heavy atom. The Bertz CT molecular complexity index is 401. The molecular weight excluding hydrogens is 215 g/mol. The molecule has 2 rings (SSSR count). The Balaban J connectivity index is 2.17. The second-order valence-electron chi connectivity index (χ2n) is 3.84. The van der Waals surface area contributed by atoms with Crippen molar-refractivity contribution < 1.29 is 9.50 Å². The molecular formula is C12H12ClFO. The number of hydrogen-bond acceptors (Lipinski definition) is 1. The average molecular weight is 227 g/mol. The number of benzene rings is 1. The van der Waals surface area contributed by atoms with Gasteiger partial charge in [-0.1, -0.05) is 23.3 Å². The Hall–Kier alpha value is -0.860. The van der Waals surface area contributed by atoms with E-state index in [0.29, 0.717) is 11.4 Å². The first kappa shape index (κ1) is 10.7. The fourth-order valence-electron chi connectivity index (χ4n) is 1.84. The predicted molar refractivity (Wildman–Crippen MR) is 58.4 cm³/mol. The lowest BCUT2D eigenvalue weighted by Gasteiger charge is -2.04.